The van der Waals surface area contributed by atoms with Gasteiger partial charge < -0.3 is 13.9 Å². The molecule has 0 spiro atoms. The van der Waals surface area contributed by atoms with E-state index >= 15 is 0 Å². The second-order valence-electron chi connectivity index (χ2n) is 13.3. The summed E-state index contributed by atoms with van der Waals surface area (Å²) in [5.74, 6) is 0. The zero-order valence-corrected chi connectivity index (χ0v) is 27.6. The van der Waals surface area contributed by atoms with E-state index in [0.29, 0.717) is 0 Å². The highest BCUT2D eigenvalue weighted by atomic mass is 16.3. The molecule has 0 amide bonds. The van der Waals surface area contributed by atoms with Gasteiger partial charge in [0, 0.05) is 55.3 Å². The minimum Gasteiger partial charge on any atom is -0.455 e. The average Bonchev–Trinajstić information content (AvgIpc) is 3.71. The SMILES string of the molecule is c1ccc(-c2ccc(N(c3ccccc3)c3ccc4c(c3)-c3ccc5c(oc6ccccc65)c3-c3cccc5c6ccccc6n-4c35)cc2)cc1. The first-order valence-electron chi connectivity index (χ1n) is 17.4. The summed E-state index contributed by atoms with van der Waals surface area (Å²) in [5.41, 5.74) is 15.7. The molecule has 3 heteroatoms. The van der Waals surface area contributed by atoms with Crippen LogP contribution in [-0.4, -0.2) is 4.57 Å². The van der Waals surface area contributed by atoms with Gasteiger partial charge in [0.25, 0.3) is 0 Å². The first-order chi connectivity index (χ1) is 25.3. The summed E-state index contributed by atoms with van der Waals surface area (Å²) < 4.78 is 9.25. The van der Waals surface area contributed by atoms with Gasteiger partial charge in [-0.25, -0.2) is 0 Å². The summed E-state index contributed by atoms with van der Waals surface area (Å²) in [5, 5.41) is 4.75. The maximum atomic E-state index is 6.79. The highest BCUT2D eigenvalue weighted by Crippen LogP contribution is 2.51. The first kappa shape index (κ1) is 28.0. The van der Waals surface area contributed by atoms with Crippen molar-refractivity contribution in [1.29, 1.82) is 0 Å². The van der Waals surface area contributed by atoms with Gasteiger partial charge in [-0.3, -0.25) is 0 Å². The maximum Gasteiger partial charge on any atom is 0.143 e. The quantitative estimate of drug-likeness (QED) is 0.189. The number of nitrogens with zero attached hydrogens (tertiary/aromatic N) is 2. The van der Waals surface area contributed by atoms with Crippen LogP contribution in [0.3, 0.4) is 0 Å². The van der Waals surface area contributed by atoms with Crippen molar-refractivity contribution in [3.63, 3.8) is 0 Å². The molecule has 1 aliphatic heterocycles. The van der Waals surface area contributed by atoms with E-state index in [1.807, 2.05) is 6.07 Å². The molecular formula is C48H30N2O. The summed E-state index contributed by atoms with van der Waals surface area (Å²) >= 11 is 0. The van der Waals surface area contributed by atoms with Gasteiger partial charge in [-0.15, -0.1) is 0 Å². The van der Waals surface area contributed by atoms with Crippen LogP contribution in [0.1, 0.15) is 0 Å². The highest BCUT2D eigenvalue weighted by molar-refractivity contribution is 6.21. The Balaban J connectivity index is 1.21. The number of fused-ring (bicyclic) bond motifs is 12. The third-order valence-corrected chi connectivity index (χ3v) is 10.5. The lowest BCUT2D eigenvalue weighted by molar-refractivity contribution is 0.670. The number of furan rings is 1. The van der Waals surface area contributed by atoms with Crippen LogP contribution in [0.4, 0.5) is 17.1 Å². The molecule has 238 valence electrons. The lowest BCUT2D eigenvalue weighted by Crippen LogP contribution is -2.10. The summed E-state index contributed by atoms with van der Waals surface area (Å²) in [7, 11) is 0. The predicted molar refractivity (Wildman–Crippen MR) is 213 cm³/mol. The monoisotopic (exact) mass is 650 g/mol. The van der Waals surface area contributed by atoms with E-state index < -0.39 is 0 Å². The topological polar surface area (TPSA) is 21.3 Å². The number of hydrogen-bond acceptors (Lipinski definition) is 2. The summed E-state index contributed by atoms with van der Waals surface area (Å²) in [6.07, 6.45) is 0. The lowest BCUT2D eigenvalue weighted by atomic mass is 9.91. The van der Waals surface area contributed by atoms with Crippen LogP contribution < -0.4 is 4.90 Å². The molecule has 51 heavy (non-hydrogen) atoms. The number of benzene rings is 8. The van der Waals surface area contributed by atoms with Gasteiger partial charge in [0.2, 0.25) is 0 Å². The minimum absolute atomic E-state index is 0.904. The Bertz CT molecular complexity index is 2950. The molecule has 1 aliphatic rings. The zero-order valence-electron chi connectivity index (χ0n) is 27.6. The van der Waals surface area contributed by atoms with E-state index in [0.717, 1.165) is 61.4 Å². The Hall–Kier alpha value is -6.84. The molecule has 2 aromatic heterocycles. The van der Waals surface area contributed by atoms with Crippen molar-refractivity contribution in [3.05, 3.63) is 182 Å². The summed E-state index contributed by atoms with van der Waals surface area (Å²) in [4.78, 5) is 2.36. The van der Waals surface area contributed by atoms with Crippen molar-refractivity contribution >= 4 is 60.8 Å². The first-order valence-corrected chi connectivity index (χ1v) is 17.4. The Kier molecular flexibility index (Phi) is 5.96. The van der Waals surface area contributed by atoms with Crippen LogP contribution in [0.25, 0.3) is 82.8 Å². The van der Waals surface area contributed by atoms with E-state index in [1.54, 1.807) is 0 Å². The van der Waals surface area contributed by atoms with Gasteiger partial charge in [-0.1, -0.05) is 121 Å². The Morgan fingerprint density at radius 2 is 1.08 bits per heavy atom. The van der Waals surface area contributed by atoms with Gasteiger partial charge in [0.05, 0.1) is 16.7 Å². The molecule has 0 saturated carbocycles. The predicted octanol–water partition coefficient (Wildman–Crippen LogP) is 13.5. The summed E-state index contributed by atoms with van der Waals surface area (Å²) in [6.45, 7) is 0. The largest absolute Gasteiger partial charge is 0.455 e. The number of para-hydroxylation sites is 4. The Morgan fingerprint density at radius 3 is 1.92 bits per heavy atom. The number of anilines is 3. The molecule has 0 unspecified atom stereocenters. The van der Waals surface area contributed by atoms with Crippen LogP contribution in [-0.2, 0) is 0 Å². The van der Waals surface area contributed by atoms with E-state index in [2.05, 4.69) is 185 Å². The van der Waals surface area contributed by atoms with Crippen molar-refractivity contribution in [2.75, 3.05) is 4.90 Å². The van der Waals surface area contributed by atoms with Crippen molar-refractivity contribution in [1.82, 2.24) is 4.57 Å². The molecule has 3 nitrogen and oxygen atoms in total. The maximum absolute atomic E-state index is 6.79. The van der Waals surface area contributed by atoms with E-state index in [1.165, 1.54) is 38.5 Å². The van der Waals surface area contributed by atoms with Gasteiger partial charge in [-0.2, -0.15) is 0 Å². The van der Waals surface area contributed by atoms with E-state index in [9.17, 15) is 0 Å². The van der Waals surface area contributed by atoms with Gasteiger partial charge >= 0.3 is 0 Å². The third-order valence-electron chi connectivity index (χ3n) is 10.5. The molecule has 0 bridgehead atoms. The van der Waals surface area contributed by atoms with Crippen LogP contribution in [0.5, 0.6) is 0 Å². The minimum atomic E-state index is 0.904. The molecule has 11 rings (SSSR count). The van der Waals surface area contributed by atoms with Gasteiger partial charge in [0.1, 0.15) is 11.2 Å². The number of rotatable bonds is 4. The molecule has 8 aromatic carbocycles. The Morgan fingerprint density at radius 1 is 0.412 bits per heavy atom. The second-order valence-corrected chi connectivity index (χ2v) is 13.3. The molecule has 0 saturated heterocycles. The van der Waals surface area contributed by atoms with Crippen LogP contribution in [0.15, 0.2) is 186 Å². The van der Waals surface area contributed by atoms with E-state index in [-0.39, 0.29) is 0 Å². The van der Waals surface area contributed by atoms with Crippen molar-refractivity contribution in [3.8, 4) is 39.1 Å². The van der Waals surface area contributed by atoms with Gasteiger partial charge in [0.15, 0.2) is 0 Å². The normalized spacial score (nSPS) is 11.9. The van der Waals surface area contributed by atoms with Crippen molar-refractivity contribution < 1.29 is 4.42 Å². The molecule has 0 fully saturated rings. The molecule has 3 heterocycles. The molecule has 0 radical (unpaired) electrons. The van der Waals surface area contributed by atoms with Gasteiger partial charge in [-0.05, 0) is 77.4 Å². The fourth-order valence-corrected chi connectivity index (χ4v) is 8.28. The average molecular weight is 651 g/mol. The summed E-state index contributed by atoms with van der Waals surface area (Å²) in [6, 6.07) is 65.5. The lowest BCUT2D eigenvalue weighted by Gasteiger charge is -2.27. The van der Waals surface area contributed by atoms with Crippen molar-refractivity contribution in [2.45, 2.75) is 0 Å². The molecule has 0 aliphatic carbocycles. The Labute approximate surface area is 294 Å². The van der Waals surface area contributed by atoms with Crippen LogP contribution in [0.2, 0.25) is 0 Å². The molecular weight excluding hydrogens is 621 g/mol. The van der Waals surface area contributed by atoms with Crippen LogP contribution >= 0.6 is 0 Å². The smallest absolute Gasteiger partial charge is 0.143 e. The molecule has 0 N–H and O–H groups in total. The zero-order chi connectivity index (χ0) is 33.5. The van der Waals surface area contributed by atoms with Crippen molar-refractivity contribution in [2.24, 2.45) is 0 Å². The fourth-order valence-electron chi connectivity index (χ4n) is 8.28. The van der Waals surface area contributed by atoms with E-state index in [4.69, 9.17) is 4.42 Å². The standard InChI is InChI=1S/C48H30N2O/c1-3-12-31(13-4-1)32-22-24-34(25-23-32)49(33-14-5-2-6-15-33)35-26-29-44-42(30-35)38-27-28-40-37-17-8-10-21-45(37)51-48(40)46(38)41-19-11-18-39-36-16-7-9-20-43(36)50(44)47(39)41/h1-30H. The number of hydrogen-bond donors (Lipinski definition) is 0. The highest BCUT2D eigenvalue weighted by Gasteiger charge is 2.28. The van der Waals surface area contributed by atoms with Crippen LogP contribution in [0, 0.1) is 0 Å². The molecule has 0 atom stereocenters. The second kappa shape index (κ2) is 10.8. The third kappa shape index (κ3) is 4.12. The number of aromatic nitrogens is 1. The molecule has 10 aromatic rings. The fraction of sp³-hybridized carbons (Fsp3) is 0.